The standard InChI is InChI=1S/C22H20ClN3O4/c1-14-12-18(25-8-10-30-11-9-25)5-2-15(14)13-19-20(27)24-22(29)26(21(19)28)17-6-3-16(23)4-7-17/h2-7,12-13H,8-11H2,1H3,(H,24,27,29)/b19-13+. The van der Waals surface area contributed by atoms with E-state index in [0.29, 0.717) is 23.9 Å². The number of nitrogens with zero attached hydrogens (tertiary/aromatic N) is 2. The van der Waals surface area contributed by atoms with Crippen molar-refractivity contribution in [1.82, 2.24) is 5.32 Å². The van der Waals surface area contributed by atoms with Crippen LogP contribution in [0.5, 0.6) is 0 Å². The van der Waals surface area contributed by atoms with Crippen LogP contribution in [-0.4, -0.2) is 44.1 Å². The monoisotopic (exact) mass is 425 g/mol. The number of ether oxygens (including phenoxy) is 1. The lowest BCUT2D eigenvalue weighted by atomic mass is 10.0. The number of carbonyl (C=O) groups is 3. The van der Waals surface area contributed by atoms with E-state index in [-0.39, 0.29) is 5.57 Å². The predicted molar refractivity (Wildman–Crippen MR) is 115 cm³/mol. The molecule has 0 spiro atoms. The summed E-state index contributed by atoms with van der Waals surface area (Å²) in [6, 6.07) is 11.3. The van der Waals surface area contributed by atoms with Gasteiger partial charge < -0.3 is 9.64 Å². The first-order valence-corrected chi connectivity index (χ1v) is 9.92. The summed E-state index contributed by atoms with van der Waals surface area (Å²) < 4.78 is 5.39. The fraction of sp³-hybridized carbons (Fsp3) is 0.227. The van der Waals surface area contributed by atoms with E-state index in [1.165, 1.54) is 6.08 Å². The van der Waals surface area contributed by atoms with Gasteiger partial charge in [0, 0.05) is 23.8 Å². The molecule has 0 aromatic heterocycles. The number of halogens is 1. The fourth-order valence-electron chi connectivity index (χ4n) is 3.48. The number of hydrogen-bond donors (Lipinski definition) is 1. The Kier molecular flexibility index (Phi) is 5.57. The molecule has 2 fully saturated rings. The van der Waals surface area contributed by atoms with Gasteiger partial charge in [-0.25, -0.2) is 9.69 Å². The Bertz CT molecular complexity index is 1040. The van der Waals surface area contributed by atoms with Crippen LogP contribution >= 0.6 is 11.6 Å². The van der Waals surface area contributed by atoms with E-state index in [1.807, 2.05) is 25.1 Å². The quantitative estimate of drug-likeness (QED) is 0.603. The lowest BCUT2D eigenvalue weighted by Gasteiger charge is -2.29. The summed E-state index contributed by atoms with van der Waals surface area (Å²) >= 11 is 5.89. The van der Waals surface area contributed by atoms with E-state index >= 15 is 0 Å². The number of carbonyl (C=O) groups excluding carboxylic acids is 3. The van der Waals surface area contributed by atoms with Crippen LogP contribution in [-0.2, 0) is 14.3 Å². The minimum atomic E-state index is -0.788. The van der Waals surface area contributed by atoms with Gasteiger partial charge in [0.1, 0.15) is 5.57 Å². The normalized spacial score (nSPS) is 18.7. The topological polar surface area (TPSA) is 79.0 Å². The zero-order valence-electron chi connectivity index (χ0n) is 16.4. The van der Waals surface area contributed by atoms with E-state index in [0.717, 1.165) is 34.8 Å². The van der Waals surface area contributed by atoms with Gasteiger partial charge in [0.2, 0.25) is 0 Å². The van der Waals surface area contributed by atoms with E-state index in [1.54, 1.807) is 24.3 Å². The zero-order chi connectivity index (χ0) is 21.3. The Morgan fingerprint density at radius 2 is 1.67 bits per heavy atom. The molecule has 7 nitrogen and oxygen atoms in total. The van der Waals surface area contributed by atoms with Crippen molar-refractivity contribution in [3.8, 4) is 0 Å². The predicted octanol–water partition coefficient (Wildman–Crippen LogP) is 3.15. The molecule has 2 aliphatic heterocycles. The molecule has 2 aromatic carbocycles. The average molecular weight is 426 g/mol. The molecule has 0 saturated carbocycles. The van der Waals surface area contributed by atoms with Crippen molar-refractivity contribution >= 4 is 46.9 Å². The van der Waals surface area contributed by atoms with Gasteiger partial charge >= 0.3 is 6.03 Å². The molecule has 0 radical (unpaired) electrons. The van der Waals surface area contributed by atoms with Crippen LogP contribution in [0, 0.1) is 6.92 Å². The molecule has 4 rings (SSSR count). The number of hydrogen-bond acceptors (Lipinski definition) is 5. The largest absolute Gasteiger partial charge is 0.378 e. The highest BCUT2D eigenvalue weighted by Gasteiger charge is 2.36. The van der Waals surface area contributed by atoms with Gasteiger partial charge in [0.15, 0.2) is 0 Å². The van der Waals surface area contributed by atoms with Crippen molar-refractivity contribution < 1.29 is 19.1 Å². The van der Waals surface area contributed by atoms with E-state index in [9.17, 15) is 14.4 Å². The molecule has 2 heterocycles. The Hall–Kier alpha value is -3.16. The first kappa shape index (κ1) is 20.1. The van der Waals surface area contributed by atoms with Crippen molar-refractivity contribution in [3.05, 3.63) is 64.2 Å². The first-order chi connectivity index (χ1) is 14.4. The van der Waals surface area contributed by atoms with Gasteiger partial charge in [0.05, 0.1) is 18.9 Å². The summed E-state index contributed by atoms with van der Waals surface area (Å²) in [6.45, 7) is 4.93. The second-order valence-electron chi connectivity index (χ2n) is 7.07. The van der Waals surface area contributed by atoms with Gasteiger partial charge in [-0.15, -0.1) is 0 Å². The maximum absolute atomic E-state index is 13.0. The third-order valence-corrected chi connectivity index (χ3v) is 5.37. The van der Waals surface area contributed by atoms with Crippen LogP contribution in [0.15, 0.2) is 48.0 Å². The summed E-state index contributed by atoms with van der Waals surface area (Å²) in [6.07, 6.45) is 1.52. The lowest BCUT2D eigenvalue weighted by Crippen LogP contribution is -2.54. The van der Waals surface area contributed by atoms with Gasteiger partial charge in [-0.05, 0) is 60.5 Å². The lowest BCUT2D eigenvalue weighted by molar-refractivity contribution is -0.122. The zero-order valence-corrected chi connectivity index (χ0v) is 17.1. The Labute approximate surface area is 178 Å². The molecule has 154 valence electrons. The molecule has 0 bridgehead atoms. The molecule has 2 saturated heterocycles. The molecular formula is C22H20ClN3O4. The number of barbiturate groups is 1. The molecule has 1 N–H and O–H groups in total. The van der Waals surface area contributed by atoms with Crippen molar-refractivity contribution in [3.63, 3.8) is 0 Å². The number of aryl methyl sites for hydroxylation is 1. The molecule has 30 heavy (non-hydrogen) atoms. The summed E-state index contributed by atoms with van der Waals surface area (Å²) in [5.74, 6) is -1.39. The number of benzene rings is 2. The molecule has 4 amide bonds. The third kappa shape index (κ3) is 3.94. The maximum Gasteiger partial charge on any atom is 0.335 e. The Morgan fingerprint density at radius 1 is 1.00 bits per heavy atom. The fourth-order valence-corrected chi connectivity index (χ4v) is 3.60. The Balaban J connectivity index is 1.64. The van der Waals surface area contributed by atoms with Gasteiger partial charge in [-0.3, -0.25) is 14.9 Å². The van der Waals surface area contributed by atoms with Crippen LogP contribution in [0.1, 0.15) is 11.1 Å². The van der Waals surface area contributed by atoms with Gasteiger partial charge in [0.25, 0.3) is 11.8 Å². The van der Waals surface area contributed by atoms with Crippen molar-refractivity contribution in [2.45, 2.75) is 6.92 Å². The average Bonchev–Trinajstić information content (AvgIpc) is 2.74. The summed E-state index contributed by atoms with van der Waals surface area (Å²) in [5.41, 5.74) is 2.94. The van der Waals surface area contributed by atoms with Crippen LogP contribution in [0.2, 0.25) is 5.02 Å². The molecule has 8 heteroatoms. The molecule has 0 unspecified atom stereocenters. The van der Waals surface area contributed by atoms with E-state index in [4.69, 9.17) is 16.3 Å². The highest BCUT2D eigenvalue weighted by molar-refractivity contribution is 6.39. The van der Waals surface area contributed by atoms with Crippen LogP contribution < -0.4 is 15.1 Å². The number of nitrogens with one attached hydrogen (secondary N) is 1. The maximum atomic E-state index is 13.0. The van der Waals surface area contributed by atoms with Crippen molar-refractivity contribution in [2.24, 2.45) is 0 Å². The molecule has 0 aliphatic carbocycles. The molecule has 2 aliphatic rings. The van der Waals surface area contributed by atoms with Crippen molar-refractivity contribution in [1.29, 1.82) is 0 Å². The van der Waals surface area contributed by atoms with Gasteiger partial charge in [-0.1, -0.05) is 17.7 Å². The first-order valence-electron chi connectivity index (χ1n) is 9.54. The van der Waals surface area contributed by atoms with Crippen LogP contribution in [0.3, 0.4) is 0 Å². The number of amides is 4. The minimum Gasteiger partial charge on any atom is -0.378 e. The summed E-state index contributed by atoms with van der Waals surface area (Å²) in [7, 11) is 0. The summed E-state index contributed by atoms with van der Waals surface area (Å²) in [4.78, 5) is 40.8. The second-order valence-corrected chi connectivity index (χ2v) is 7.51. The highest BCUT2D eigenvalue weighted by Crippen LogP contribution is 2.26. The number of anilines is 2. The number of rotatable bonds is 3. The Morgan fingerprint density at radius 3 is 2.33 bits per heavy atom. The van der Waals surface area contributed by atoms with E-state index < -0.39 is 17.8 Å². The second kappa shape index (κ2) is 8.30. The third-order valence-electron chi connectivity index (χ3n) is 5.12. The number of morpholine rings is 1. The number of imide groups is 2. The smallest absolute Gasteiger partial charge is 0.335 e. The summed E-state index contributed by atoms with van der Waals surface area (Å²) in [5, 5.41) is 2.71. The molecule has 0 atom stereocenters. The van der Waals surface area contributed by atoms with Gasteiger partial charge in [-0.2, -0.15) is 0 Å². The van der Waals surface area contributed by atoms with E-state index in [2.05, 4.69) is 10.2 Å². The molecule has 2 aromatic rings. The molecular weight excluding hydrogens is 406 g/mol. The highest BCUT2D eigenvalue weighted by atomic mass is 35.5. The van der Waals surface area contributed by atoms with Crippen molar-refractivity contribution in [2.75, 3.05) is 36.1 Å². The van der Waals surface area contributed by atoms with Crippen LogP contribution in [0.25, 0.3) is 6.08 Å². The SMILES string of the molecule is Cc1cc(N2CCOCC2)ccc1/C=C1\C(=O)NC(=O)N(c2ccc(Cl)cc2)C1=O. The van der Waals surface area contributed by atoms with Crippen LogP contribution in [0.4, 0.5) is 16.2 Å². The minimum absolute atomic E-state index is 0.105. The number of urea groups is 1.